The van der Waals surface area contributed by atoms with Gasteiger partial charge in [-0.2, -0.15) is 0 Å². The number of ether oxygens (including phenoxy) is 2. The minimum Gasteiger partial charge on any atom is -0.490 e. The van der Waals surface area contributed by atoms with Crippen molar-refractivity contribution < 1.29 is 27.1 Å². The van der Waals surface area contributed by atoms with Gasteiger partial charge in [-0.15, -0.1) is 11.8 Å². The van der Waals surface area contributed by atoms with E-state index in [1.165, 1.54) is 42.3 Å². The Kier molecular flexibility index (Phi) is 6.75. The fraction of sp³-hybridized carbons (Fsp3) is 0.211. The van der Waals surface area contributed by atoms with E-state index >= 15 is 0 Å². The van der Waals surface area contributed by atoms with E-state index in [1.54, 1.807) is 25.3 Å². The van der Waals surface area contributed by atoms with Crippen LogP contribution in [-0.2, 0) is 14.8 Å². The molecule has 0 aliphatic rings. The Morgan fingerprint density at radius 1 is 1.17 bits per heavy atom. The van der Waals surface area contributed by atoms with Crippen molar-refractivity contribution >= 4 is 27.8 Å². The van der Waals surface area contributed by atoms with E-state index in [9.17, 15) is 13.2 Å². The zero-order chi connectivity index (χ0) is 21.7. The number of rotatable bonds is 8. The minimum atomic E-state index is -3.76. The molecule has 0 saturated carbocycles. The molecule has 3 rings (SSSR count). The third-order valence-electron chi connectivity index (χ3n) is 3.93. The SMILES string of the molecule is CSc1nc(-c2ccco2)nc(C)c1C(=O)OCCOc1ccc(S(N)(=O)=O)cc1. The number of carbonyl (C=O) groups excluding carboxylic acids is 1. The van der Waals surface area contributed by atoms with Crippen molar-refractivity contribution in [1.82, 2.24) is 9.97 Å². The lowest BCUT2D eigenvalue weighted by Gasteiger charge is -2.11. The van der Waals surface area contributed by atoms with Gasteiger partial charge in [0.05, 0.1) is 16.9 Å². The van der Waals surface area contributed by atoms with Crippen LogP contribution in [0.4, 0.5) is 0 Å². The molecule has 3 aromatic rings. The lowest BCUT2D eigenvalue weighted by molar-refractivity contribution is 0.0444. The molecule has 0 fully saturated rings. The molecule has 2 aromatic heterocycles. The van der Waals surface area contributed by atoms with Crippen LogP contribution in [0.25, 0.3) is 11.6 Å². The number of furan rings is 1. The van der Waals surface area contributed by atoms with E-state index in [-0.39, 0.29) is 23.7 Å². The molecule has 158 valence electrons. The normalized spacial score (nSPS) is 11.3. The first kappa shape index (κ1) is 21.8. The minimum absolute atomic E-state index is 0.0109. The molecule has 0 saturated heterocycles. The summed E-state index contributed by atoms with van der Waals surface area (Å²) in [5.74, 6) is 0.765. The van der Waals surface area contributed by atoms with E-state index in [0.29, 0.717) is 28.1 Å². The van der Waals surface area contributed by atoms with Crippen LogP contribution < -0.4 is 9.88 Å². The molecule has 0 aliphatic heterocycles. The first-order valence-electron chi connectivity index (χ1n) is 8.69. The highest BCUT2D eigenvalue weighted by Crippen LogP contribution is 2.25. The molecule has 11 heteroatoms. The first-order chi connectivity index (χ1) is 14.3. The average Bonchev–Trinajstić information content (AvgIpc) is 3.25. The molecule has 30 heavy (non-hydrogen) atoms. The summed E-state index contributed by atoms with van der Waals surface area (Å²) in [5, 5.41) is 5.53. The van der Waals surface area contributed by atoms with Crippen LogP contribution in [-0.4, -0.2) is 43.8 Å². The van der Waals surface area contributed by atoms with Crippen molar-refractivity contribution in [2.24, 2.45) is 5.14 Å². The smallest absolute Gasteiger partial charge is 0.342 e. The summed E-state index contributed by atoms with van der Waals surface area (Å²) in [6, 6.07) is 9.09. The lowest BCUT2D eigenvalue weighted by atomic mass is 10.2. The maximum atomic E-state index is 12.5. The standard InChI is InChI=1S/C19H19N3O6S2/c1-12-16(18(29-2)22-17(21-12)15-4-3-9-27-15)19(23)28-11-10-26-13-5-7-14(8-6-13)30(20,24)25/h3-9H,10-11H2,1-2H3,(H2,20,24,25). The van der Waals surface area contributed by atoms with Gasteiger partial charge in [0.15, 0.2) is 11.6 Å². The number of carbonyl (C=O) groups is 1. The molecule has 2 N–H and O–H groups in total. The van der Waals surface area contributed by atoms with Gasteiger partial charge >= 0.3 is 5.97 Å². The summed E-state index contributed by atoms with van der Waals surface area (Å²) in [5.41, 5.74) is 0.764. The van der Waals surface area contributed by atoms with Crippen molar-refractivity contribution in [3.05, 3.63) is 53.9 Å². The molecule has 1 aromatic carbocycles. The topological polar surface area (TPSA) is 135 Å². The second-order valence-electron chi connectivity index (χ2n) is 5.99. The highest BCUT2D eigenvalue weighted by atomic mass is 32.2. The number of aryl methyl sites for hydroxylation is 1. The lowest BCUT2D eigenvalue weighted by Crippen LogP contribution is -2.16. The first-order valence-corrected chi connectivity index (χ1v) is 11.5. The van der Waals surface area contributed by atoms with Crippen LogP contribution in [0.15, 0.2) is 57.0 Å². The van der Waals surface area contributed by atoms with Gasteiger partial charge in [-0.25, -0.2) is 28.3 Å². The third-order valence-corrected chi connectivity index (χ3v) is 5.54. The molecular formula is C19H19N3O6S2. The van der Waals surface area contributed by atoms with Crippen molar-refractivity contribution in [2.45, 2.75) is 16.8 Å². The van der Waals surface area contributed by atoms with Crippen LogP contribution in [0.5, 0.6) is 5.75 Å². The second-order valence-corrected chi connectivity index (χ2v) is 8.35. The summed E-state index contributed by atoms with van der Waals surface area (Å²) in [7, 11) is -3.76. The summed E-state index contributed by atoms with van der Waals surface area (Å²) < 4.78 is 38.5. The van der Waals surface area contributed by atoms with Crippen LogP contribution in [0.1, 0.15) is 16.1 Å². The number of esters is 1. The Balaban J connectivity index is 1.61. The monoisotopic (exact) mass is 449 g/mol. The highest BCUT2D eigenvalue weighted by Gasteiger charge is 2.21. The summed E-state index contributed by atoms with van der Waals surface area (Å²) >= 11 is 1.30. The molecule has 0 aliphatic carbocycles. The van der Waals surface area contributed by atoms with Crippen LogP contribution in [0.3, 0.4) is 0 Å². The number of thioether (sulfide) groups is 1. The Morgan fingerprint density at radius 3 is 2.50 bits per heavy atom. The third kappa shape index (κ3) is 5.17. The Bertz CT molecular complexity index is 1130. The molecule has 0 unspecified atom stereocenters. The highest BCUT2D eigenvalue weighted by molar-refractivity contribution is 7.98. The molecule has 0 radical (unpaired) electrons. The Labute approximate surface area is 177 Å². The van der Waals surface area contributed by atoms with E-state index < -0.39 is 16.0 Å². The van der Waals surface area contributed by atoms with Crippen LogP contribution in [0, 0.1) is 6.92 Å². The van der Waals surface area contributed by atoms with Crippen molar-refractivity contribution in [1.29, 1.82) is 0 Å². The number of aromatic nitrogens is 2. The maximum absolute atomic E-state index is 12.5. The molecule has 2 heterocycles. The van der Waals surface area contributed by atoms with Crippen LogP contribution in [0.2, 0.25) is 0 Å². The van der Waals surface area contributed by atoms with Gasteiger partial charge in [0.25, 0.3) is 0 Å². The maximum Gasteiger partial charge on any atom is 0.342 e. The van der Waals surface area contributed by atoms with E-state index in [4.69, 9.17) is 19.0 Å². The number of hydrogen-bond donors (Lipinski definition) is 1. The van der Waals surface area contributed by atoms with E-state index in [1.807, 2.05) is 0 Å². The molecular weight excluding hydrogens is 430 g/mol. The Morgan fingerprint density at radius 2 is 1.90 bits per heavy atom. The predicted octanol–water partition coefficient (Wildman–Crippen LogP) is 2.65. The van der Waals surface area contributed by atoms with Crippen molar-refractivity contribution in [3.63, 3.8) is 0 Å². The molecule has 9 nitrogen and oxygen atoms in total. The molecule has 0 amide bonds. The van der Waals surface area contributed by atoms with Gasteiger partial charge in [0.2, 0.25) is 10.0 Å². The molecule has 0 bridgehead atoms. The number of nitrogens with two attached hydrogens (primary N) is 1. The van der Waals surface area contributed by atoms with Crippen LogP contribution >= 0.6 is 11.8 Å². The van der Waals surface area contributed by atoms with Gasteiger partial charge in [-0.3, -0.25) is 0 Å². The largest absolute Gasteiger partial charge is 0.490 e. The summed E-state index contributed by atoms with van der Waals surface area (Å²) in [4.78, 5) is 21.2. The zero-order valence-corrected chi connectivity index (χ0v) is 17.8. The van der Waals surface area contributed by atoms with E-state index in [2.05, 4.69) is 9.97 Å². The van der Waals surface area contributed by atoms with Gasteiger partial charge in [0.1, 0.15) is 29.6 Å². The quantitative estimate of drug-likeness (QED) is 0.238. The fourth-order valence-electron chi connectivity index (χ4n) is 2.54. The van der Waals surface area contributed by atoms with Gasteiger partial charge in [-0.05, 0) is 49.6 Å². The van der Waals surface area contributed by atoms with Crippen molar-refractivity contribution in [3.8, 4) is 17.3 Å². The fourth-order valence-corrected chi connectivity index (χ4v) is 3.67. The predicted molar refractivity (Wildman–Crippen MR) is 110 cm³/mol. The second kappa shape index (κ2) is 9.28. The van der Waals surface area contributed by atoms with Gasteiger partial charge in [0, 0.05) is 0 Å². The number of primary sulfonamides is 1. The Hall–Kier alpha value is -2.89. The van der Waals surface area contributed by atoms with Gasteiger partial charge in [-0.1, -0.05) is 0 Å². The number of hydrogen-bond acceptors (Lipinski definition) is 9. The molecule has 0 atom stereocenters. The molecule has 0 spiro atoms. The number of nitrogens with zero attached hydrogens (tertiary/aromatic N) is 2. The van der Waals surface area contributed by atoms with Gasteiger partial charge < -0.3 is 13.9 Å². The number of benzene rings is 1. The summed E-state index contributed by atoms with van der Waals surface area (Å²) in [6.07, 6.45) is 3.33. The zero-order valence-electron chi connectivity index (χ0n) is 16.2. The van der Waals surface area contributed by atoms with Crippen molar-refractivity contribution in [2.75, 3.05) is 19.5 Å². The number of sulfonamides is 1. The summed E-state index contributed by atoms with van der Waals surface area (Å²) in [6.45, 7) is 1.77. The average molecular weight is 450 g/mol. The van der Waals surface area contributed by atoms with E-state index in [0.717, 1.165) is 0 Å².